The van der Waals surface area contributed by atoms with Crippen LogP contribution in [0, 0.1) is 5.82 Å². The number of hydrogen-bond acceptors (Lipinski definition) is 3. The molecule has 0 bridgehead atoms. The normalized spacial score (nSPS) is 19.9. The van der Waals surface area contributed by atoms with Gasteiger partial charge in [0.05, 0.1) is 0 Å². The van der Waals surface area contributed by atoms with E-state index in [9.17, 15) is 4.39 Å². The summed E-state index contributed by atoms with van der Waals surface area (Å²) in [5.41, 5.74) is 0.905. The Labute approximate surface area is 105 Å². The van der Waals surface area contributed by atoms with Crippen molar-refractivity contribution in [3.63, 3.8) is 0 Å². The van der Waals surface area contributed by atoms with Crippen LogP contribution in [0.3, 0.4) is 0 Å². The molecular formula is C13H15FN4. The monoisotopic (exact) mass is 246 g/mol. The van der Waals surface area contributed by atoms with Crippen LogP contribution in [0.5, 0.6) is 0 Å². The number of hydrogen-bond donors (Lipinski definition) is 1. The highest BCUT2D eigenvalue weighted by atomic mass is 19.1. The van der Waals surface area contributed by atoms with Crippen molar-refractivity contribution >= 4 is 0 Å². The predicted octanol–water partition coefficient (Wildman–Crippen LogP) is 1.87. The number of piperidine rings is 1. The molecule has 4 nitrogen and oxygen atoms in total. The minimum absolute atomic E-state index is 0.229. The molecule has 1 N–H and O–H groups in total. The average molecular weight is 246 g/mol. The lowest BCUT2D eigenvalue weighted by Gasteiger charge is -2.22. The Morgan fingerprint density at radius 3 is 2.83 bits per heavy atom. The average Bonchev–Trinajstić information content (AvgIpc) is 2.90. The van der Waals surface area contributed by atoms with E-state index in [1.54, 1.807) is 18.5 Å². The summed E-state index contributed by atoms with van der Waals surface area (Å²) in [5, 5.41) is 11.6. The summed E-state index contributed by atoms with van der Waals surface area (Å²) in [6, 6.07) is 6.41. The zero-order valence-corrected chi connectivity index (χ0v) is 10.0. The van der Waals surface area contributed by atoms with Crippen LogP contribution in [0.2, 0.25) is 0 Å². The highest BCUT2D eigenvalue weighted by Crippen LogP contribution is 2.23. The van der Waals surface area contributed by atoms with Gasteiger partial charge in [-0.05, 0) is 43.7 Å². The maximum Gasteiger partial charge on any atom is 0.141 e. The summed E-state index contributed by atoms with van der Waals surface area (Å²) in [6.07, 6.45) is 3.96. The Balaban J connectivity index is 1.93. The first-order valence-electron chi connectivity index (χ1n) is 6.21. The van der Waals surface area contributed by atoms with E-state index in [1.165, 1.54) is 12.1 Å². The maximum atomic E-state index is 12.9. The van der Waals surface area contributed by atoms with Gasteiger partial charge in [-0.3, -0.25) is 4.57 Å². The first-order valence-corrected chi connectivity index (χ1v) is 6.21. The van der Waals surface area contributed by atoms with Gasteiger partial charge in [0.15, 0.2) is 0 Å². The molecule has 1 aliphatic rings. The van der Waals surface area contributed by atoms with Crippen LogP contribution in [0.4, 0.5) is 4.39 Å². The van der Waals surface area contributed by atoms with Gasteiger partial charge in [0.2, 0.25) is 0 Å². The fraction of sp³-hybridized carbons (Fsp3) is 0.385. The summed E-state index contributed by atoms with van der Waals surface area (Å²) < 4.78 is 14.9. The molecule has 0 amide bonds. The zero-order valence-electron chi connectivity index (χ0n) is 10.0. The molecule has 0 aliphatic carbocycles. The van der Waals surface area contributed by atoms with E-state index in [2.05, 4.69) is 15.5 Å². The Morgan fingerprint density at radius 2 is 2.11 bits per heavy atom. The lowest BCUT2D eigenvalue weighted by Crippen LogP contribution is -2.29. The van der Waals surface area contributed by atoms with E-state index >= 15 is 0 Å². The summed E-state index contributed by atoms with van der Waals surface area (Å²) in [5.74, 6) is 1.10. The van der Waals surface area contributed by atoms with E-state index in [0.29, 0.717) is 5.92 Å². The number of rotatable bonds is 2. The standard InChI is InChI=1S/C13H15FN4/c14-11-3-5-12(6-4-11)18-9-16-17-13(18)10-2-1-7-15-8-10/h3-6,9-10,15H,1-2,7-8H2. The molecule has 0 radical (unpaired) electrons. The lowest BCUT2D eigenvalue weighted by atomic mass is 9.99. The Kier molecular flexibility index (Phi) is 3.06. The van der Waals surface area contributed by atoms with Crippen molar-refractivity contribution in [3.05, 3.63) is 42.2 Å². The van der Waals surface area contributed by atoms with Crippen LogP contribution in [-0.4, -0.2) is 27.9 Å². The minimum atomic E-state index is -0.229. The fourth-order valence-corrected chi connectivity index (χ4v) is 2.40. The summed E-state index contributed by atoms with van der Waals surface area (Å²) >= 11 is 0. The van der Waals surface area contributed by atoms with E-state index in [0.717, 1.165) is 37.4 Å². The first-order chi connectivity index (χ1) is 8.84. The fourth-order valence-electron chi connectivity index (χ4n) is 2.40. The molecule has 1 aromatic carbocycles. The molecule has 1 aromatic heterocycles. The first kappa shape index (κ1) is 11.3. The van der Waals surface area contributed by atoms with Gasteiger partial charge < -0.3 is 5.32 Å². The Hall–Kier alpha value is -1.75. The zero-order chi connectivity index (χ0) is 12.4. The molecule has 1 unspecified atom stereocenters. The third-order valence-corrected chi connectivity index (χ3v) is 3.34. The van der Waals surface area contributed by atoms with Crippen molar-refractivity contribution in [1.82, 2.24) is 20.1 Å². The Morgan fingerprint density at radius 1 is 1.28 bits per heavy atom. The number of benzene rings is 1. The highest BCUT2D eigenvalue weighted by Gasteiger charge is 2.20. The number of halogens is 1. The third kappa shape index (κ3) is 2.13. The molecule has 94 valence electrons. The highest BCUT2D eigenvalue weighted by molar-refractivity contribution is 5.33. The van der Waals surface area contributed by atoms with Crippen LogP contribution in [0.25, 0.3) is 5.69 Å². The maximum absolute atomic E-state index is 12.9. The van der Waals surface area contributed by atoms with Gasteiger partial charge in [-0.15, -0.1) is 10.2 Å². The third-order valence-electron chi connectivity index (χ3n) is 3.34. The molecule has 0 spiro atoms. The van der Waals surface area contributed by atoms with Crippen LogP contribution < -0.4 is 5.32 Å². The summed E-state index contributed by atoms with van der Waals surface area (Å²) in [4.78, 5) is 0. The topological polar surface area (TPSA) is 42.7 Å². The van der Waals surface area contributed by atoms with E-state index < -0.39 is 0 Å². The van der Waals surface area contributed by atoms with E-state index in [-0.39, 0.29) is 5.82 Å². The molecule has 1 aliphatic heterocycles. The molecular weight excluding hydrogens is 231 g/mol. The number of aromatic nitrogens is 3. The van der Waals surface area contributed by atoms with Crippen molar-refractivity contribution in [2.24, 2.45) is 0 Å². The second-order valence-electron chi connectivity index (χ2n) is 4.58. The second kappa shape index (κ2) is 4.86. The van der Waals surface area contributed by atoms with Gasteiger partial charge in [-0.25, -0.2) is 4.39 Å². The second-order valence-corrected chi connectivity index (χ2v) is 4.58. The molecule has 1 atom stereocenters. The molecule has 18 heavy (non-hydrogen) atoms. The van der Waals surface area contributed by atoms with Gasteiger partial charge in [0.1, 0.15) is 18.0 Å². The molecule has 0 saturated carbocycles. The van der Waals surface area contributed by atoms with Crippen molar-refractivity contribution in [3.8, 4) is 5.69 Å². The van der Waals surface area contributed by atoms with E-state index in [4.69, 9.17) is 0 Å². The molecule has 2 heterocycles. The van der Waals surface area contributed by atoms with Gasteiger partial charge >= 0.3 is 0 Å². The van der Waals surface area contributed by atoms with Gasteiger partial charge in [-0.1, -0.05) is 0 Å². The van der Waals surface area contributed by atoms with Crippen LogP contribution in [-0.2, 0) is 0 Å². The van der Waals surface area contributed by atoms with Crippen LogP contribution in [0.1, 0.15) is 24.6 Å². The van der Waals surface area contributed by atoms with Crippen LogP contribution >= 0.6 is 0 Å². The molecule has 1 saturated heterocycles. The molecule has 5 heteroatoms. The quantitative estimate of drug-likeness (QED) is 0.879. The van der Waals surface area contributed by atoms with Crippen molar-refractivity contribution in [1.29, 1.82) is 0 Å². The Bertz CT molecular complexity index is 514. The summed E-state index contributed by atoms with van der Waals surface area (Å²) in [7, 11) is 0. The molecule has 2 aromatic rings. The predicted molar refractivity (Wildman–Crippen MR) is 66.2 cm³/mol. The van der Waals surface area contributed by atoms with Gasteiger partial charge in [0.25, 0.3) is 0 Å². The number of nitrogens with one attached hydrogen (secondary N) is 1. The lowest BCUT2D eigenvalue weighted by molar-refractivity contribution is 0.442. The van der Waals surface area contributed by atoms with Gasteiger partial charge in [-0.2, -0.15) is 0 Å². The van der Waals surface area contributed by atoms with Gasteiger partial charge in [0, 0.05) is 18.2 Å². The van der Waals surface area contributed by atoms with Crippen LogP contribution in [0.15, 0.2) is 30.6 Å². The smallest absolute Gasteiger partial charge is 0.141 e. The largest absolute Gasteiger partial charge is 0.316 e. The van der Waals surface area contributed by atoms with E-state index in [1.807, 2.05) is 4.57 Å². The van der Waals surface area contributed by atoms with Crippen molar-refractivity contribution < 1.29 is 4.39 Å². The van der Waals surface area contributed by atoms with Crippen molar-refractivity contribution in [2.45, 2.75) is 18.8 Å². The van der Waals surface area contributed by atoms with Crippen molar-refractivity contribution in [2.75, 3.05) is 13.1 Å². The minimum Gasteiger partial charge on any atom is -0.316 e. The summed E-state index contributed by atoms with van der Waals surface area (Å²) in [6.45, 7) is 2.00. The number of nitrogens with zero attached hydrogens (tertiary/aromatic N) is 3. The molecule has 1 fully saturated rings. The SMILES string of the molecule is Fc1ccc(-n2cnnc2C2CCCNC2)cc1. The molecule has 3 rings (SSSR count).